The Morgan fingerprint density at radius 2 is 0.643 bits per heavy atom. The highest BCUT2D eigenvalue weighted by atomic mass is 31.1. The molecule has 1 saturated carbocycles. The van der Waals surface area contributed by atoms with Gasteiger partial charge in [0.25, 0.3) is 0 Å². The zero-order valence-corrected chi connectivity index (χ0v) is 16.3. The van der Waals surface area contributed by atoms with Crippen molar-refractivity contribution in [2.45, 2.75) is 17.8 Å². The molecular weight excluding hydrogens is 355 g/mol. The Labute approximate surface area is 166 Å². The molecule has 0 amide bonds. The summed E-state index contributed by atoms with van der Waals surface area (Å²) < 4.78 is 0. The first-order chi connectivity index (χ1) is 13.9. The normalized spacial score (nSPS) is 25.1. The molecule has 12 heterocycles. The van der Waals surface area contributed by atoms with Crippen molar-refractivity contribution in [1.82, 2.24) is 0 Å². The molecule has 0 nitrogen and oxygen atoms in total. The fourth-order valence-electron chi connectivity index (χ4n) is 5.39. The average molecular weight is 374 g/mol. The van der Waals surface area contributed by atoms with Crippen molar-refractivity contribution in [2.24, 2.45) is 0 Å². The Bertz CT molecular complexity index is 1130. The molecule has 12 aliphatic heterocycles. The van der Waals surface area contributed by atoms with Crippen molar-refractivity contribution in [2.75, 3.05) is 0 Å². The molecule has 0 saturated heterocycles. The monoisotopic (exact) mass is 374 g/mol. The van der Waals surface area contributed by atoms with Gasteiger partial charge in [0, 0.05) is 0 Å². The maximum atomic E-state index is 2.40. The van der Waals surface area contributed by atoms with Crippen LogP contribution < -0.4 is 15.9 Å². The molecule has 0 aromatic heterocycles. The van der Waals surface area contributed by atoms with Crippen LogP contribution in [0.1, 0.15) is 34.4 Å². The second-order valence-corrected chi connectivity index (χ2v) is 10.5. The summed E-state index contributed by atoms with van der Waals surface area (Å²) in [7, 11) is -0.518. The Hall–Kier alpha value is -2.69. The van der Waals surface area contributed by atoms with Crippen LogP contribution in [0.3, 0.4) is 0 Å². The van der Waals surface area contributed by atoms with E-state index in [1.807, 2.05) is 0 Å². The summed E-state index contributed by atoms with van der Waals surface area (Å²) in [5.41, 5.74) is 7.08. The van der Waals surface area contributed by atoms with Gasteiger partial charge in [-0.3, -0.25) is 0 Å². The number of benzene rings is 4. The van der Waals surface area contributed by atoms with Crippen molar-refractivity contribution < 1.29 is 0 Å². The molecule has 13 aliphatic rings. The lowest BCUT2D eigenvalue weighted by Crippen LogP contribution is -2.20. The van der Waals surface area contributed by atoms with E-state index in [1.165, 1.54) is 43.7 Å². The largest absolute Gasteiger partial charge is 0.0581 e. The van der Waals surface area contributed by atoms with Crippen molar-refractivity contribution in [3.05, 3.63) is 114 Å². The number of hydrogen-bond acceptors (Lipinski definition) is 0. The van der Waals surface area contributed by atoms with Gasteiger partial charge in [-0.25, -0.2) is 0 Å². The maximum Gasteiger partial charge on any atom is -0.00120 e. The van der Waals surface area contributed by atoms with Crippen molar-refractivity contribution in [3.63, 3.8) is 0 Å². The quantitative estimate of drug-likeness (QED) is 0.361. The Morgan fingerprint density at radius 1 is 0.357 bits per heavy atom. The maximum absolute atomic E-state index is 2.40. The molecule has 1 aliphatic carbocycles. The summed E-state index contributed by atoms with van der Waals surface area (Å²) in [4.78, 5) is 0. The highest BCUT2D eigenvalue weighted by molar-refractivity contribution is 7.79. The predicted octanol–water partition coefficient (Wildman–Crippen LogP) is 5.40. The van der Waals surface area contributed by atoms with E-state index in [-0.39, 0.29) is 0 Å². The van der Waals surface area contributed by atoms with Crippen LogP contribution >= 0.6 is 7.92 Å². The highest BCUT2D eigenvalue weighted by Crippen LogP contribution is 2.66. The average Bonchev–Trinajstić information content (AvgIpc) is 3.51. The van der Waals surface area contributed by atoms with E-state index < -0.39 is 7.92 Å². The smallest absolute Gasteiger partial charge is 0.00120 e. The lowest BCUT2D eigenvalue weighted by atomic mass is 10.00. The minimum Gasteiger partial charge on any atom is -0.0581 e. The topological polar surface area (TPSA) is 0 Å². The standard InChI is InChI=1S/C27H19P/c1-3-19-4-2-17(1)18-5-11-22(12-6-18)28-23-13-7-20(8-14-23)26-25(19)27(26)21-9-15-24(28)16-10-21/h1-16,25-27H/t25?,26-,27+,28?. The first-order valence-electron chi connectivity index (χ1n) is 10.1. The summed E-state index contributed by atoms with van der Waals surface area (Å²) in [6, 6.07) is 37.8. The molecule has 12 bridgehead atoms. The van der Waals surface area contributed by atoms with Crippen LogP contribution in [-0.2, 0) is 0 Å². The van der Waals surface area contributed by atoms with E-state index in [9.17, 15) is 0 Å². The van der Waals surface area contributed by atoms with Crippen molar-refractivity contribution in [1.29, 1.82) is 0 Å². The van der Waals surface area contributed by atoms with E-state index >= 15 is 0 Å². The molecule has 4 atom stereocenters. The van der Waals surface area contributed by atoms with Crippen LogP contribution in [0.25, 0.3) is 11.1 Å². The third-order valence-corrected chi connectivity index (χ3v) is 9.29. The lowest BCUT2D eigenvalue weighted by molar-refractivity contribution is 1.03. The summed E-state index contributed by atoms with van der Waals surface area (Å²) in [6.45, 7) is 0. The third kappa shape index (κ3) is 2.05. The molecule has 28 heavy (non-hydrogen) atoms. The van der Waals surface area contributed by atoms with Gasteiger partial charge >= 0.3 is 0 Å². The van der Waals surface area contributed by atoms with E-state index in [0.717, 1.165) is 0 Å². The summed E-state index contributed by atoms with van der Waals surface area (Å²) in [5.74, 6) is 1.76. The highest BCUT2D eigenvalue weighted by Gasteiger charge is 2.52. The summed E-state index contributed by atoms with van der Waals surface area (Å²) >= 11 is 0. The van der Waals surface area contributed by atoms with Crippen LogP contribution in [0.15, 0.2) is 97.1 Å². The first kappa shape index (κ1) is 15.3. The third-order valence-electron chi connectivity index (χ3n) is 6.85. The SMILES string of the molecule is c1cc2ccc1-c1ccc(cc1)P1c3ccc(cc3)[C@@H]3C2[C@@H]3c2ccc1cc2. The molecule has 1 fully saturated rings. The van der Waals surface area contributed by atoms with Crippen LogP contribution in [0.4, 0.5) is 0 Å². The van der Waals surface area contributed by atoms with Gasteiger partial charge < -0.3 is 0 Å². The van der Waals surface area contributed by atoms with Gasteiger partial charge in [0.1, 0.15) is 0 Å². The van der Waals surface area contributed by atoms with Gasteiger partial charge in [-0.1, -0.05) is 97.1 Å². The Kier molecular flexibility index (Phi) is 2.96. The molecule has 1 heteroatoms. The minimum atomic E-state index is -0.518. The predicted molar refractivity (Wildman–Crippen MR) is 119 cm³/mol. The van der Waals surface area contributed by atoms with Gasteiger partial charge in [0.15, 0.2) is 0 Å². The molecule has 132 valence electrons. The molecular formula is C27H19P. The second-order valence-electron chi connectivity index (χ2n) is 8.26. The van der Waals surface area contributed by atoms with Crippen LogP contribution in [0, 0.1) is 0 Å². The Balaban J connectivity index is 1.60. The van der Waals surface area contributed by atoms with Gasteiger partial charge in [0.2, 0.25) is 0 Å². The fraction of sp³-hybridized carbons (Fsp3) is 0.111. The fourth-order valence-corrected chi connectivity index (χ4v) is 7.63. The molecule has 0 radical (unpaired) electrons. The molecule has 0 N–H and O–H groups in total. The van der Waals surface area contributed by atoms with E-state index in [2.05, 4.69) is 97.1 Å². The zero-order valence-electron chi connectivity index (χ0n) is 15.4. The van der Waals surface area contributed by atoms with Crippen molar-refractivity contribution in [3.8, 4) is 11.1 Å². The number of rotatable bonds is 0. The molecule has 17 rings (SSSR count). The van der Waals surface area contributed by atoms with E-state index in [0.29, 0.717) is 17.8 Å². The number of hydrogen-bond donors (Lipinski definition) is 0. The first-order valence-corrected chi connectivity index (χ1v) is 11.4. The second kappa shape index (κ2) is 5.43. The van der Waals surface area contributed by atoms with Gasteiger partial charge in [-0.2, -0.15) is 0 Å². The van der Waals surface area contributed by atoms with Gasteiger partial charge in [-0.05, 0) is 69.4 Å². The summed E-state index contributed by atoms with van der Waals surface area (Å²) in [5, 5.41) is 4.32. The van der Waals surface area contributed by atoms with Crippen LogP contribution in [-0.4, -0.2) is 0 Å². The summed E-state index contributed by atoms with van der Waals surface area (Å²) in [6.07, 6.45) is 0. The van der Waals surface area contributed by atoms with Crippen LogP contribution in [0.5, 0.6) is 0 Å². The van der Waals surface area contributed by atoms with E-state index in [1.54, 1.807) is 0 Å². The Morgan fingerprint density at radius 3 is 1.04 bits per heavy atom. The van der Waals surface area contributed by atoms with Crippen LogP contribution in [0.2, 0.25) is 0 Å². The molecule has 4 aromatic rings. The molecule has 2 unspecified atom stereocenters. The van der Waals surface area contributed by atoms with Gasteiger partial charge in [0.05, 0.1) is 0 Å². The minimum absolute atomic E-state index is 0.518. The lowest BCUT2D eigenvalue weighted by Gasteiger charge is -2.20. The zero-order chi connectivity index (χ0) is 18.2. The van der Waals surface area contributed by atoms with E-state index in [4.69, 9.17) is 0 Å². The molecule has 0 spiro atoms. The van der Waals surface area contributed by atoms with Gasteiger partial charge in [-0.15, -0.1) is 0 Å². The van der Waals surface area contributed by atoms with Crippen molar-refractivity contribution >= 4 is 23.8 Å². The molecule has 4 aromatic carbocycles.